The molecule has 0 saturated carbocycles. The van der Waals surface area contributed by atoms with Crippen molar-refractivity contribution in [2.45, 2.75) is 13.3 Å². The van der Waals surface area contributed by atoms with Crippen molar-refractivity contribution in [1.82, 2.24) is 0 Å². The van der Waals surface area contributed by atoms with Gasteiger partial charge in [0.25, 0.3) is 0 Å². The Hall–Kier alpha value is -0.100. The van der Waals surface area contributed by atoms with Gasteiger partial charge in [0.1, 0.15) is 0 Å². The molecule has 4 heteroatoms. The standard InChI is InChI=1S/C9H8BrIO2/c1-5-7(10)3-2-6(9(5)11)4-8(12)13/h2-3H,4H2,1H3,(H,12,13). The summed E-state index contributed by atoms with van der Waals surface area (Å²) < 4.78 is 2.04. The van der Waals surface area contributed by atoms with Crippen LogP contribution in [0.2, 0.25) is 0 Å². The number of hydrogen-bond donors (Lipinski definition) is 1. The van der Waals surface area contributed by atoms with Crippen LogP contribution in [-0.2, 0) is 11.2 Å². The van der Waals surface area contributed by atoms with Gasteiger partial charge in [-0.2, -0.15) is 0 Å². The predicted molar refractivity (Wildman–Crippen MR) is 62.9 cm³/mol. The molecule has 1 N–H and O–H groups in total. The first-order valence-corrected chi connectivity index (χ1v) is 5.55. The predicted octanol–water partition coefficient (Wildman–Crippen LogP) is 2.99. The highest BCUT2D eigenvalue weighted by Gasteiger charge is 2.08. The second-order valence-electron chi connectivity index (χ2n) is 2.72. The number of rotatable bonds is 2. The number of carboxylic acids is 1. The smallest absolute Gasteiger partial charge is 0.307 e. The van der Waals surface area contributed by atoms with Gasteiger partial charge in [-0.15, -0.1) is 0 Å². The Labute approximate surface area is 98.6 Å². The fourth-order valence-corrected chi connectivity index (χ4v) is 2.38. The zero-order valence-electron chi connectivity index (χ0n) is 6.97. The summed E-state index contributed by atoms with van der Waals surface area (Å²) in [5.74, 6) is -0.792. The maximum atomic E-state index is 10.5. The summed E-state index contributed by atoms with van der Waals surface area (Å²) in [6, 6.07) is 3.72. The van der Waals surface area contributed by atoms with E-state index >= 15 is 0 Å². The lowest BCUT2D eigenvalue weighted by molar-refractivity contribution is -0.136. The van der Waals surface area contributed by atoms with Crippen molar-refractivity contribution >= 4 is 44.5 Å². The van der Waals surface area contributed by atoms with Crippen molar-refractivity contribution in [3.63, 3.8) is 0 Å². The van der Waals surface area contributed by atoms with Gasteiger partial charge in [0.05, 0.1) is 6.42 Å². The molecule has 13 heavy (non-hydrogen) atoms. The highest BCUT2D eigenvalue weighted by Crippen LogP contribution is 2.24. The van der Waals surface area contributed by atoms with Gasteiger partial charge in [-0.05, 0) is 46.7 Å². The second kappa shape index (κ2) is 4.41. The minimum absolute atomic E-state index is 0.0897. The van der Waals surface area contributed by atoms with Crippen molar-refractivity contribution in [3.05, 3.63) is 31.3 Å². The molecule has 0 aromatic heterocycles. The molecule has 0 heterocycles. The topological polar surface area (TPSA) is 37.3 Å². The zero-order chi connectivity index (χ0) is 10.0. The zero-order valence-corrected chi connectivity index (χ0v) is 10.7. The fourth-order valence-electron chi connectivity index (χ4n) is 1.02. The van der Waals surface area contributed by atoms with Crippen LogP contribution in [0, 0.1) is 10.5 Å². The third-order valence-electron chi connectivity index (χ3n) is 1.74. The highest BCUT2D eigenvalue weighted by molar-refractivity contribution is 14.1. The summed E-state index contributed by atoms with van der Waals surface area (Å²) >= 11 is 5.56. The SMILES string of the molecule is Cc1c(Br)ccc(CC(=O)O)c1I. The summed E-state index contributed by atoms with van der Waals surface area (Å²) in [5, 5.41) is 8.64. The van der Waals surface area contributed by atoms with Gasteiger partial charge in [-0.1, -0.05) is 22.0 Å². The number of carbonyl (C=O) groups is 1. The Morgan fingerprint density at radius 2 is 2.23 bits per heavy atom. The van der Waals surface area contributed by atoms with Crippen LogP contribution in [-0.4, -0.2) is 11.1 Å². The molecule has 0 radical (unpaired) electrons. The van der Waals surface area contributed by atoms with Gasteiger partial charge in [0.2, 0.25) is 0 Å². The summed E-state index contributed by atoms with van der Waals surface area (Å²) in [6.07, 6.45) is 0.0897. The molecule has 0 spiro atoms. The first-order valence-electron chi connectivity index (χ1n) is 3.67. The van der Waals surface area contributed by atoms with Gasteiger partial charge in [0.15, 0.2) is 0 Å². The molecule has 70 valence electrons. The molecule has 0 bridgehead atoms. The van der Waals surface area contributed by atoms with E-state index in [9.17, 15) is 4.79 Å². The Kier molecular flexibility index (Phi) is 3.73. The number of aliphatic carboxylic acids is 1. The van der Waals surface area contributed by atoms with Crippen LogP contribution in [0.1, 0.15) is 11.1 Å². The van der Waals surface area contributed by atoms with Crippen LogP contribution in [0.15, 0.2) is 16.6 Å². The fraction of sp³-hybridized carbons (Fsp3) is 0.222. The number of halogens is 2. The molecule has 0 aliphatic rings. The van der Waals surface area contributed by atoms with E-state index in [1.165, 1.54) is 0 Å². The average molecular weight is 355 g/mol. The molecule has 0 aliphatic carbocycles. The lowest BCUT2D eigenvalue weighted by atomic mass is 10.1. The van der Waals surface area contributed by atoms with Crippen LogP contribution in [0.5, 0.6) is 0 Å². The van der Waals surface area contributed by atoms with Crippen LogP contribution in [0.4, 0.5) is 0 Å². The molecule has 0 fully saturated rings. The lowest BCUT2D eigenvalue weighted by Gasteiger charge is -2.06. The minimum Gasteiger partial charge on any atom is -0.481 e. The van der Waals surface area contributed by atoms with Crippen molar-refractivity contribution < 1.29 is 9.90 Å². The van der Waals surface area contributed by atoms with Crippen molar-refractivity contribution in [2.75, 3.05) is 0 Å². The van der Waals surface area contributed by atoms with Crippen molar-refractivity contribution in [1.29, 1.82) is 0 Å². The van der Waals surface area contributed by atoms with Crippen LogP contribution in [0.3, 0.4) is 0 Å². The maximum Gasteiger partial charge on any atom is 0.307 e. The highest BCUT2D eigenvalue weighted by atomic mass is 127. The Morgan fingerprint density at radius 3 is 2.77 bits per heavy atom. The maximum absolute atomic E-state index is 10.5. The molecule has 1 aromatic rings. The molecule has 0 aliphatic heterocycles. The molecule has 0 saturated heterocycles. The van der Waals surface area contributed by atoms with E-state index < -0.39 is 5.97 Å². The normalized spacial score (nSPS) is 10.1. The molecule has 1 aromatic carbocycles. The number of benzene rings is 1. The summed E-state index contributed by atoms with van der Waals surface area (Å²) in [5.41, 5.74) is 1.97. The third-order valence-corrected chi connectivity index (χ3v) is 4.10. The first-order chi connectivity index (χ1) is 6.02. The van der Waals surface area contributed by atoms with Crippen LogP contribution < -0.4 is 0 Å². The van der Waals surface area contributed by atoms with Crippen molar-refractivity contribution in [2.24, 2.45) is 0 Å². The van der Waals surface area contributed by atoms with Crippen molar-refractivity contribution in [3.8, 4) is 0 Å². The molecule has 2 nitrogen and oxygen atoms in total. The van der Waals surface area contributed by atoms with E-state index in [2.05, 4.69) is 38.5 Å². The lowest BCUT2D eigenvalue weighted by Crippen LogP contribution is -2.03. The van der Waals surface area contributed by atoms with Crippen LogP contribution >= 0.6 is 38.5 Å². The minimum atomic E-state index is -0.792. The monoisotopic (exact) mass is 354 g/mol. The van der Waals surface area contributed by atoms with Crippen LogP contribution in [0.25, 0.3) is 0 Å². The molecular weight excluding hydrogens is 347 g/mol. The third kappa shape index (κ3) is 2.67. The number of hydrogen-bond acceptors (Lipinski definition) is 1. The van der Waals surface area contributed by atoms with E-state index in [4.69, 9.17) is 5.11 Å². The number of carboxylic acid groups (broad SMARTS) is 1. The van der Waals surface area contributed by atoms with E-state index in [0.29, 0.717) is 0 Å². The second-order valence-corrected chi connectivity index (χ2v) is 4.65. The molecule has 0 unspecified atom stereocenters. The Balaban J connectivity index is 3.10. The van der Waals surface area contributed by atoms with Gasteiger partial charge < -0.3 is 5.11 Å². The van der Waals surface area contributed by atoms with E-state index in [0.717, 1.165) is 19.2 Å². The molecule has 0 atom stereocenters. The van der Waals surface area contributed by atoms with Gasteiger partial charge >= 0.3 is 5.97 Å². The van der Waals surface area contributed by atoms with E-state index in [1.54, 1.807) is 0 Å². The Morgan fingerprint density at radius 1 is 1.62 bits per heavy atom. The van der Waals surface area contributed by atoms with Gasteiger partial charge in [-0.3, -0.25) is 4.79 Å². The molecule has 1 rings (SSSR count). The summed E-state index contributed by atoms with van der Waals surface area (Å²) in [4.78, 5) is 10.5. The Bertz CT molecular complexity index is 350. The first kappa shape index (κ1) is 11.0. The van der Waals surface area contributed by atoms with E-state index in [-0.39, 0.29) is 6.42 Å². The summed E-state index contributed by atoms with van der Waals surface area (Å²) in [6.45, 7) is 1.97. The molecular formula is C9H8BrIO2. The van der Waals surface area contributed by atoms with Gasteiger partial charge in [-0.25, -0.2) is 0 Å². The quantitative estimate of drug-likeness (QED) is 0.829. The van der Waals surface area contributed by atoms with E-state index in [1.807, 2.05) is 19.1 Å². The van der Waals surface area contributed by atoms with Gasteiger partial charge in [0, 0.05) is 8.04 Å². The largest absolute Gasteiger partial charge is 0.481 e. The molecule has 0 amide bonds. The average Bonchev–Trinajstić information content (AvgIpc) is 2.06. The summed E-state index contributed by atoms with van der Waals surface area (Å²) in [7, 11) is 0.